The van der Waals surface area contributed by atoms with Gasteiger partial charge in [-0.3, -0.25) is 4.90 Å². The van der Waals surface area contributed by atoms with Crippen LogP contribution >= 0.6 is 0 Å². The van der Waals surface area contributed by atoms with Gasteiger partial charge in [0.15, 0.2) is 0 Å². The number of hydrogen-bond donors (Lipinski definition) is 0. The van der Waals surface area contributed by atoms with Gasteiger partial charge < -0.3 is 9.64 Å². The molecule has 3 aliphatic rings. The molecule has 2 saturated heterocycles. The van der Waals surface area contributed by atoms with Crippen molar-refractivity contribution >= 4 is 0 Å². The van der Waals surface area contributed by atoms with Crippen LogP contribution in [0.15, 0.2) is 0 Å². The molecule has 3 fully saturated rings. The van der Waals surface area contributed by atoms with Gasteiger partial charge in [-0.1, -0.05) is 0 Å². The molecule has 0 N–H and O–H groups in total. The van der Waals surface area contributed by atoms with Crippen LogP contribution in [0.1, 0.15) is 92.9 Å². The van der Waals surface area contributed by atoms with Crippen molar-refractivity contribution in [2.75, 3.05) is 32.7 Å². The van der Waals surface area contributed by atoms with E-state index < -0.39 is 0 Å². The molecule has 0 aromatic carbocycles. The molecule has 0 bridgehead atoms. The highest BCUT2D eigenvalue weighted by Gasteiger charge is 2.33. The second-order valence-electron chi connectivity index (χ2n) is 12.0. The molecule has 2 heterocycles. The van der Waals surface area contributed by atoms with E-state index in [-0.39, 0.29) is 5.60 Å². The number of hydrogen-bond acceptors (Lipinski definition) is 3. The first kappa shape index (κ1) is 22.6. The second-order valence-corrected chi connectivity index (χ2v) is 12.0. The largest absolute Gasteiger partial charge is 0.373 e. The molecule has 0 radical (unpaired) electrons. The minimum Gasteiger partial charge on any atom is -0.373 e. The number of piperidine rings is 2. The Labute approximate surface area is 175 Å². The van der Waals surface area contributed by atoms with Gasteiger partial charge in [0.05, 0.1) is 11.7 Å². The van der Waals surface area contributed by atoms with Crippen molar-refractivity contribution in [1.82, 2.24) is 9.80 Å². The highest BCUT2D eigenvalue weighted by atomic mass is 16.5. The van der Waals surface area contributed by atoms with E-state index in [4.69, 9.17) is 4.74 Å². The first-order chi connectivity index (χ1) is 13.1. The Hall–Kier alpha value is -0.120. The van der Waals surface area contributed by atoms with Crippen LogP contribution in [-0.2, 0) is 4.74 Å². The van der Waals surface area contributed by atoms with Crippen LogP contribution in [0.2, 0.25) is 0 Å². The quantitative estimate of drug-likeness (QED) is 0.621. The molecule has 1 aliphatic carbocycles. The van der Waals surface area contributed by atoms with Crippen molar-refractivity contribution in [3.05, 3.63) is 0 Å². The smallest absolute Gasteiger partial charge is 0.0602 e. The van der Waals surface area contributed by atoms with E-state index in [1.165, 1.54) is 84.1 Å². The zero-order chi connectivity index (χ0) is 20.4. The summed E-state index contributed by atoms with van der Waals surface area (Å²) in [5, 5.41) is 0. The SMILES string of the molecule is CC(C)(C)OC1CCC(C2CCN(CC3CCN(C(C)(C)C)CC3)CC2)CC1. The van der Waals surface area contributed by atoms with Crippen molar-refractivity contribution in [1.29, 1.82) is 0 Å². The van der Waals surface area contributed by atoms with Crippen molar-refractivity contribution in [2.45, 2.75) is 110 Å². The fraction of sp³-hybridized carbons (Fsp3) is 1.00. The molecule has 0 aromatic rings. The summed E-state index contributed by atoms with van der Waals surface area (Å²) in [6.45, 7) is 20.3. The third-order valence-electron chi connectivity index (χ3n) is 7.62. The summed E-state index contributed by atoms with van der Waals surface area (Å²) < 4.78 is 6.23. The third-order valence-corrected chi connectivity index (χ3v) is 7.62. The van der Waals surface area contributed by atoms with Gasteiger partial charge in [0.2, 0.25) is 0 Å². The molecular formula is C25H48N2O. The van der Waals surface area contributed by atoms with Gasteiger partial charge in [0.25, 0.3) is 0 Å². The Morgan fingerprint density at radius 3 is 1.71 bits per heavy atom. The fourth-order valence-corrected chi connectivity index (χ4v) is 5.94. The summed E-state index contributed by atoms with van der Waals surface area (Å²) in [6, 6.07) is 0. The zero-order valence-electron chi connectivity index (χ0n) is 19.8. The van der Waals surface area contributed by atoms with Crippen molar-refractivity contribution in [3.63, 3.8) is 0 Å². The van der Waals surface area contributed by atoms with Crippen LogP contribution in [0.3, 0.4) is 0 Å². The highest BCUT2D eigenvalue weighted by molar-refractivity contribution is 4.86. The third kappa shape index (κ3) is 6.71. The van der Waals surface area contributed by atoms with Crippen LogP contribution in [0.5, 0.6) is 0 Å². The standard InChI is InChI=1S/C25H48N2O/c1-24(2,3)27-17-11-20(12-18-27)19-26-15-13-22(14-16-26)21-7-9-23(10-8-21)28-25(4,5)6/h20-23H,7-19H2,1-6H3. The van der Waals surface area contributed by atoms with E-state index in [2.05, 4.69) is 51.3 Å². The van der Waals surface area contributed by atoms with Crippen LogP contribution in [0.25, 0.3) is 0 Å². The van der Waals surface area contributed by atoms with Gasteiger partial charge in [0, 0.05) is 12.1 Å². The van der Waals surface area contributed by atoms with Gasteiger partial charge in [0.1, 0.15) is 0 Å². The molecule has 0 amide bonds. The summed E-state index contributed by atoms with van der Waals surface area (Å²) in [6.07, 6.45) is 11.6. The molecular weight excluding hydrogens is 344 g/mol. The molecule has 3 heteroatoms. The molecule has 2 aliphatic heterocycles. The molecule has 3 rings (SSSR count). The van der Waals surface area contributed by atoms with Crippen LogP contribution in [0, 0.1) is 17.8 Å². The Morgan fingerprint density at radius 2 is 1.21 bits per heavy atom. The Bertz CT molecular complexity index is 454. The molecule has 3 nitrogen and oxygen atoms in total. The van der Waals surface area contributed by atoms with Gasteiger partial charge in [-0.2, -0.15) is 0 Å². The summed E-state index contributed by atoms with van der Waals surface area (Å²) >= 11 is 0. The van der Waals surface area contributed by atoms with Crippen LogP contribution in [0.4, 0.5) is 0 Å². The fourth-order valence-electron chi connectivity index (χ4n) is 5.94. The number of likely N-dealkylation sites (tertiary alicyclic amines) is 2. The molecule has 0 atom stereocenters. The first-order valence-electron chi connectivity index (χ1n) is 12.3. The normalized spacial score (nSPS) is 30.6. The average molecular weight is 393 g/mol. The molecule has 0 unspecified atom stereocenters. The predicted molar refractivity (Wildman–Crippen MR) is 120 cm³/mol. The van der Waals surface area contributed by atoms with Crippen molar-refractivity contribution < 1.29 is 4.74 Å². The Balaban J connectivity index is 1.33. The lowest BCUT2D eigenvalue weighted by Gasteiger charge is -2.43. The van der Waals surface area contributed by atoms with Gasteiger partial charge >= 0.3 is 0 Å². The molecule has 164 valence electrons. The molecule has 28 heavy (non-hydrogen) atoms. The van der Waals surface area contributed by atoms with Crippen molar-refractivity contribution in [3.8, 4) is 0 Å². The van der Waals surface area contributed by atoms with Gasteiger partial charge in [-0.05, 0) is 137 Å². The van der Waals surface area contributed by atoms with E-state index in [1.54, 1.807) is 0 Å². The van der Waals surface area contributed by atoms with E-state index in [9.17, 15) is 0 Å². The first-order valence-corrected chi connectivity index (χ1v) is 12.3. The molecule has 1 saturated carbocycles. The lowest BCUT2D eigenvalue weighted by molar-refractivity contribution is -0.0823. The van der Waals surface area contributed by atoms with Gasteiger partial charge in [-0.25, -0.2) is 0 Å². The summed E-state index contributed by atoms with van der Waals surface area (Å²) in [5.41, 5.74) is 0.367. The number of ether oxygens (including phenoxy) is 1. The van der Waals surface area contributed by atoms with E-state index >= 15 is 0 Å². The monoisotopic (exact) mass is 392 g/mol. The minimum absolute atomic E-state index is 0.0197. The van der Waals surface area contributed by atoms with Crippen molar-refractivity contribution in [2.24, 2.45) is 17.8 Å². The maximum absolute atomic E-state index is 6.23. The Morgan fingerprint density at radius 1 is 0.679 bits per heavy atom. The average Bonchev–Trinajstić information content (AvgIpc) is 2.61. The number of nitrogens with zero attached hydrogens (tertiary/aromatic N) is 2. The molecule has 0 spiro atoms. The highest BCUT2D eigenvalue weighted by Crippen LogP contribution is 2.38. The van der Waals surface area contributed by atoms with Crippen LogP contribution < -0.4 is 0 Å². The summed E-state index contributed by atoms with van der Waals surface area (Å²) in [4.78, 5) is 5.47. The van der Waals surface area contributed by atoms with Crippen LogP contribution in [-0.4, -0.2) is 59.8 Å². The predicted octanol–water partition coefficient (Wildman–Crippen LogP) is 5.58. The van der Waals surface area contributed by atoms with E-state index in [0.29, 0.717) is 11.6 Å². The second kappa shape index (κ2) is 9.35. The topological polar surface area (TPSA) is 15.7 Å². The van der Waals surface area contributed by atoms with E-state index in [1.807, 2.05) is 0 Å². The minimum atomic E-state index is 0.0197. The van der Waals surface area contributed by atoms with E-state index in [0.717, 1.165) is 17.8 Å². The lowest BCUT2D eigenvalue weighted by atomic mass is 9.75. The maximum atomic E-state index is 6.23. The molecule has 0 aromatic heterocycles. The number of rotatable bonds is 4. The zero-order valence-corrected chi connectivity index (χ0v) is 19.8. The lowest BCUT2D eigenvalue weighted by Crippen LogP contribution is -2.48. The van der Waals surface area contributed by atoms with Gasteiger partial charge in [-0.15, -0.1) is 0 Å². The summed E-state index contributed by atoms with van der Waals surface area (Å²) in [5.74, 6) is 2.88. The summed E-state index contributed by atoms with van der Waals surface area (Å²) in [7, 11) is 0. The Kier molecular flexibility index (Phi) is 7.53. The maximum Gasteiger partial charge on any atom is 0.0602 e.